The lowest BCUT2D eigenvalue weighted by molar-refractivity contribution is -0.131. The van der Waals surface area contributed by atoms with E-state index in [1.807, 2.05) is 65.2 Å². The number of aromatic nitrogens is 1. The number of nitrogens with two attached hydrogens (primary N) is 1. The Balaban J connectivity index is 2.10. The Morgan fingerprint density at radius 2 is 1.73 bits per heavy atom. The van der Waals surface area contributed by atoms with Gasteiger partial charge in [0.25, 0.3) is 11.5 Å². The van der Waals surface area contributed by atoms with Crippen LogP contribution in [0.15, 0.2) is 60.7 Å². The van der Waals surface area contributed by atoms with Gasteiger partial charge < -0.3 is 15.4 Å². The Bertz CT molecular complexity index is 1160. The third-order valence-electron chi connectivity index (χ3n) is 5.58. The Morgan fingerprint density at radius 3 is 2.33 bits per heavy atom. The maximum absolute atomic E-state index is 13.0. The number of primary amides is 1. The van der Waals surface area contributed by atoms with Gasteiger partial charge in [0.15, 0.2) is 5.78 Å². The summed E-state index contributed by atoms with van der Waals surface area (Å²) in [5.41, 5.74) is 6.00. The van der Waals surface area contributed by atoms with Crippen LogP contribution in [0.4, 0.5) is 0 Å². The highest BCUT2D eigenvalue weighted by molar-refractivity contribution is 6.05. The molecule has 0 radical (unpaired) electrons. The number of ketones is 1. The lowest BCUT2D eigenvalue weighted by Gasteiger charge is -2.20. The molecular formula is C24H21N3O3. The van der Waals surface area contributed by atoms with Crippen molar-refractivity contribution in [1.29, 1.82) is 5.26 Å². The monoisotopic (exact) mass is 399 g/mol. The molecule has 3 N–H and O–H groups in total. The summed E-state index contributed by atoms with van der Waals surface area (Å²) in [6, 6.07) is 20.5. The van der Waals surface area contributed by atoms with Gasteiger partial charge in [0, 0.05) is 29.8 Å². The van der Waals surface area contributed by atoms with Crippen LogP contribution in [0.1, 0.15) is 40.0 Å². The minimum absolute atomic E-state index is 0.000619. The topological polar surface area (TPSA) is 109 Å². The normalized spacial score (nSPS) is 15.1. The van der Waals surface area contributed by atoms with Crippen molar-refractivity contribution in [3.8, 4) is 17.3 Å². The van der Waals surface area contributed by atoms with Crippen molar-refractivity contribution < 1.29 is 14.7 Å². The van der Waals surface area contributed by atoms with Crippen LogP contribution in [-0.2, 0) is 23.4 Å². The first kappa shape index (κ1) is 19.6. The van der Waals surface area contributed by atoms with Crippen LogP contribution >= 0.6 is 0 Å². The summed E-state index contributed by atoms with van der Waals surface area (Å²) >= 11 is 0. The summed E-state index contributed by atoms with van der Waals surface area (Å²) in [5, 5.41) is 20.8. The summed E-state index contributed by atoms with van der Waals surface area (Å²) < 4.78 is 1.94. The van der Waals surface area contributed by atoms with Gasteiger partial charge in [-0.05, 0) is 24.0 Å². The number of carbonyl (C=O) groups excluding carboxylic acids is 2. The molecule has 0 saturated heterocycles. The molecule has 0 aliphatic heterocycles. The smallest absolute Gasteiger partial charge is 0.269 e. The predicted octanol–water partition coefficient (Wildman–Crippen LogP) is 2.92. The molecule has 1 amide bonds. The van der Waals surface area contributed by atoms with E-state index >= 15 is 0 Å². The number of Topliss-reactive ketones (excluding diaryl/α,β-unsaturated/α-hetero) is 1. The molecule has 6 heteroatoms. The van der Waals surface area contributed by atoms with Crippen molar-refractivity contribution in [1.82, 2.24) is 4.57 Å². The van der Waals surface area contributed by atoms with Gasteiger partial charge in [-0.15, -0.1) is 0 Å². The zero-order valence-electron chi connectivity index (χ0n) is 16.3. The summed E-state index contributed by atoms with van der Waals surface area (Å²) in [6.07, 6.45) is 1.57. The fourth-order valence-electron chi connectivity index (χ4n) is 4.19. The molecule has 2 aromatic carbocycles. The van der Waals surface area contributed by atoms with Crippen LogP contribution in [0.2, 0.25) is 0 Å². The molecule has 1 aromatic heterocycles. The molecule has 4 rings (SSSR count). The van der Waals surface area contributed by atoms with Gasteiger partial charge in [-0.1, -0.05) is 60.7 Å². The largest absolute Gasteiger partial charge is 0.366 e. The summed E-state index contributed by atoms with van der Waals surface area (Å²) in [6.45, 7) is 0.431. The molecule has 0 bridgehead atoms. The van der Waals surface area contributed by atoms with Gasteiger partial charge in [0.2, 0.25) is 0 Å². The molecule has 1 aliphatic rings. The number of rotatable bonds is 5. The van der Waals surface area contributed by atoms with Crippen LogP contribution in [0.25, 0.3) is 11.3 Å². The minimum Gasteiger partial charge on any atom is -0.366 e. The Kier molecular flexibility index (Phi) is 4.98. The lowest BCUT2D eigenvalue weighted by Crippen LogP contribution is -2.41. The molecule has 1 unspecified atom stereocenters. The SMILES string of the molecule is N#CC(O)(C(N)=O)c1c2c(n(Cc3ccccc3)c1-c1ccccc1)CCCC2=O. The van der Waals surface area contributed by atoms with Crippen molar-refractivity contribution in [3.05, 3.63) is 83.0 Å². The first-order valence-electron chi connectivity index (χ1n) is 9.79. The highest BCUT2D eigenvalue weighted by Gasteiger charge is 2.46. The predicted molar refractivity (Wildman–Crippen MR) is 111 cm³/mol. The van der Waals surface area contributed by atoms with Crippen LogP contribution in [-0.4, -0.2) is 21.4 Å². The molecule has 3 aromatic rings. The van der Waals surface area contributed by atoms with Crippen LogP contribution in [0, 0.1) is 11.3 Å². The Morgan fingerprint density at radius 1 is 1.10 bits per heavy atom. The summed E-state index contributed by atoms with van der Waals surface area (Å²) in [5.74, 6) is -1.38. The number of hydrogen-bond donors (Lipinski definition) is 2. The van der Waals surface area contributed by atoms with E-state index in [1.54, 1.807) is 6.07 Å². The van der Waals surface area contributed by atoms with Crippen molar-refractivity contribution in [2.45, 2.75) is 31.4 Å². The Hall–Kier alpha value is -3.69. The fraction of sp³-hybridized carbons (Fsp3) is 0.208. The third kappa shape index (κ3) is 3.10. The number of amides is 1. The van der Waals surface area contributed by atoms with Crippen LogP contribution < -0.4 is 5.73 Å². The van der Waals surface area contributed by atoms with E-state index in [9.17, 15) is 20.0 Å². The number of benzene rings is 2. The maximum atomic E-state index is 13.0. The van der Waals surface area contributed by atoms with Gasteiger partial charge in [-0.2, -0.15) is 5.26 Å². The highest BCUT2D eigenvalue weighted by atomic mass is 16.3. The highest BCUT2D eigenvalue weighted by Crippen LogP contribution is 2.42. The molecule has 6 nitrogen and oxygen atoms in total. The number of hydrogen-bond acceptors (Lipinski definition) is 4. The molecule has 150 valence electrons. The van der Waals surface area contributed by atoms with E-state index in [0.29, 0.717) is 37.1 Å². The van der Waals surface area contributed by atoms with E-state index in [1.165, 1.54) is 0 Å². The Labute approximate surface area is 174 Å². The molecule has 0 saturated carbocycles. The molecule has 30 heavy (non-hydrogen) atoms. The van der Waals surface area contributed by atoms with E-state index in [0.717, 1.165) is 11.3 Å². The van der Waals surface area contributed by atoms with Gasteiger partial charge >= 0.3 is 0 Å². The van der Waals surface area contributed by atoms with Gasteiger partial charge in [0.05, 0.1) is 5.69 Å². The second-order valence-electron chi connectivity index (χ2n) is 7.45. The molecule has 1 heterocycles. The molecule has 1 atom stereocenters. The molecular weight excluding hydrogens is 378 g/mol. The molecule has 1 aliphatic carbocycles. The number of fused-ring (bicyclic) bond motifs is 1. The second-order valence-corrected chi connectivity index (χ2v) is 7.45. The second kappa shape index (κ2) is 7.62. The van der Waals surface area contributed by atoms with Gasteiger partial charge in [-0.3, -0.25) is 9.59 Å². The van der Waals surface area contributed by atoms with E-state index < -0.39 is 11.5 Å². The number of carbonyl (C=O) groups is 2. The molecule has 0 fully saturated rings. The van der Waals surface area contributed by atoms with Crippen molar-refractivity contribution in [2.24, 2.45) is 5.73 Å². The quantitative estimate of drug-likeness (QED) is 0.643. The number of aliphatic hydroxyl groups is 1. The zero-order valence-corrected chi connectivity index (χ0v) is 16.3. The first-order valence-corrected chi connectivity index (χ1v) is 9.79. The van der Waals surface area contributed by atoms with Crippen molar-refractivity contribution in [3.63, 3.8) is 0 Å². The van der Waals surface area contributed by atoms with E-state index in [2.05, 4.69) is 0 Å². The lowest BCUT2D eigenvalue weighted by atomic mass is 9.84. The summed E-state index contributed by atoms with van der Waals surface area (Å²) in [4.78, 5) is 25.2. The van der Waals surface area contributed by atoms with Crippen LogP contribution in [0.3, 0.4) is 0 Å². The molecule has 0 spiro atoms. The maximum Gasteiger partial charge on any atom is 0.269 e. The average molecular weight is 399 g/mol. The van der Waals surface area contributed by atoms with E-state index in [-0.39, 0.29) is 16.9 Å². The number of nitrogens with zero attached hydrogens (tertiary/aromatic N) is 2. The van der Waals surface area contributed by atoms with Crippen molar-refractivity contribution in [2.75, 3.05) is 0 Å². The van der Waals surface area contributed by atoms with Crippen LogP contribution in [0.5, 0.6) is 0 Å². The fourth-order valence-corrected chi connectivity index (χ4v) is 4.19. The zero-order chi connectivity index (χ0) is 21.3. The van der Waals surface area contributed by atoms with Gasteiger partial charge in [0.1, 0.15) is 6.07 Å². The van der Waals surface area contributed by atoms with E-state index in [4.69, 9.17) is 5.73 Å². The third-order valence-corrected chi connectivity index (χ3v) is 5.58. The standard InChI is InChI=1S/C24H21N3O3/c25-15-24(30,23(26)29)21-20-18(12-7-13-19(20)28)27(14-16-8-3-1-4-9-16)22(21)17-10-5-2-6-11-17/h1-6,8-11,30H,7,12-14H2,(H2,26,29). The minimum atomic E-state index is -2.61. The van der Waals surface area contributed by atoms with Gasteiger partial charge in [-0.25, -0.2) is 0 Å². The first-order chi connectivity index (χ1) is 14.5. The summed E-state index contributed by atoms with van der Waals surface area (Å²) in [7, 11) is 0. The number of nitriles is 1. The average Bonchev–Trinajstić information content (AvgIpc) is 3.10. The van der Waals surface area contributed by atoms with Crippen molar-refractivity contribution >= 4 is 11.7 Å².